The van der Waals surface area contributed by atoms with E-state index in [1.165, 1.54) is 18.9 Å². The number of ether oxygens (including phenoxy) is 4. The van der Waals surface area contributed by atoms with Gasteiger partial charge in [-0.2, -0.15) is 5.10 Å². The maximum atomic E-state index is 12.5. The van der Waals surface area contributed by atoms with Gasteiger partial charge >= 0.3 is 5.97 Å². The number of rotatable bonds is 12. The van der Waals surface area contributed by atoms with Crippen molar-refractivity contribution in [3.8, 4) is 23.0 Å². The minimum atomic E-state index is -0.520. The number of esters is 1. The lowest BCUT2D eigenvalue weighted by Gasteiger charge is -2.10. The first-order valence-corrected chi connectivity index (χ1v) is 12.1. The van der Waals surface area contributed by atoms with E-state index in [4.69, 9.17) is 18.9 Å². The molecule has 0 aliphatic carbocycles. The molecule has 3 aromatic rings. The van der Waals surface area contributed by atoms with E-state index in [0.717, 1.165) is 6.42 Å². The van der Waals surface area contributed by atoms with Crippen LogP contribution in [-0.4, -0.2) is 38.4 Å². The minimum Gasteiger partial charge on any atom is -0.494 e. The number of amides is 1. The fourth-order valence-corrected chi connectivity index (χ4v) is 3.22. The zero-order valence-electron chi connectivity index (χ0n) is 21.5. The molecule has 0 atom stereocenters. The van der Waals surface area contributed by atoms with Crippen molar-refractivity contribution in [2.45, 2.75) is 33.1 Å². The van der Waals surface area contributed by atoms with Crippen LogP contribution < -0.4 is 24.4 Å². The SMILES string of the molecule is CCCOc1ccc(C(=O)Oc2ccc(/C=N/NC(=O)COc3ccc(C(C)C)cc3)cc2OC)cc1. The Labute approximate surface area is 217 Å². The number of benzene rings is 3. The maximum absolute atomic E-state index is 12.5. The largest absolute Gasteiger partial charge is 0.494 e. The van der Waals surface area contributed by atoms with Crippen LogP contribution in [0, 0.1) is 0 Å². The van der Waals surface area contributed by atoms with Crippen molar-refractivity contribution in [1.82, 2.24) is 5.43 Å². The second-order valence-corrected chi connectivity index (χ2v) is 8.48. The van der Waals surface area contributed by atoms with E-state index in [9.17, 15) is 9.59 Å². The summed E-state index contributed by atoms with van der Waals surface area (Å²) in [6, 6.07) is 19.3. The zero-order valence-corrected chi connectivity index (χ0v) is 21.5. The Hall–Kier alpha value is -4.33. The molecule has 1 N–H and O–H groups in total. The first kappa shape index (κ1) is 27.3. The normalized spacial score (nSPS) is 10.8. The van der Waals surface area contributed by atoms with Gasteiger partial charge in [-0.15, -0.1) is 0 Å². The van der Waals surface area contributed by atoms with E-state index in [2.05, 4.69) is 24.4 Å². The number of nitrogens with one attached hydrogen (secondary N) is 1. The van der Waals surface area contributed by atoms with Crippen molar-refractivity contribution in [2.24, 2.45) is 5.10 Å². The van der Waals surface area contributed by atoms with Gasteiger partial charge in [0.05, 0.1) is 25.5 Å². The van der Waals surface area contributed by atoms with Crippen LogP contribution in [0.3, 0.4) is 0 Å². The highest BCUT2D eigenvalue weighted by Crippen LogP contribution is 2.28. The summed E-state index contributed by atoms with van der Waals surface area (Å²) >= 11 is 0. The van der Waals surface area contributed by atoms with E-state index >= 15 is 0 Å². The van der Waals surface area contributed by atoms with Crippen LogP contribution in [0.15, 0.2) is 71.8 Å². The highest BCUT2D eigenvalue weighted by Gasteiger charge is 2.13. The predicted molar refractivity (Wildman–Crippen MR) is 142 cm³/mol. The summed E-state index contributed by atoms with van der Waals surface area (Å²) in [5, 5.41) is 3.95. The van der Waals surface area contributed by atoms with Crippen molar-refractivity contribution in [3.63, 3.8) is 0 Å². The molecule has 0 aromatic heterocycles. The van der Waals surface area contributed by atoms with Crippen LogP contribution in [0.2, 0.25) is 0 Å². The Bertz CT molecular complexity index is 1200. The Morgan fingerprint density at radius 1 is 0.919 bits per heavy atom. The summed E-state index contributed by atoms with van der Waals surface area (Å²) in [5.74, 6) is 1.42. The number of hydrogen-bond acceptors (Lipinski definition) is 7. The molecule has 194 valence electrons. The molecule has 0 fully saturated rings. The summed E-state index contributed by atoms with van der Waals surface area (Å²) in [6.07, 6.45) is 2.36. The Balaban J connectivity index is 1.52. The second kappa shape index (κ2) is 13.7. The van der Waals surface area contributed by atoms with E-state index < -0.39 is 11.9 Å². The Morgan fingerprint density at radius 3 is 2.24 bits per heavy atom. The molecule has 0 aliphatic heterocycles. The Kier molecular flexibility index (Phi) is 10.1. The smallest absolute Gasteiger partial charge is 0.343 e. The van der Waals surface area contributed by atoms with Crippen LogP contribution in [0.1, 0.15) is 54.6 Å². The van der Waals surface area contributed by atoms with Gasteiger partial charge in [-0.05, 0) is 78.1 Å². The molecule has 0 bridgehead atoms. The molecule has 0 aliphatic rings. The van der Waals surface area contributed by atoms with Crippen molar-refractivity contribution >= 4 is 18.1 Å². The lowest BCUT2D eigenvalue weighted by molar-refractivity contribution is -0.123. The van der Waals surface area contributed by atoms with Gasteiger partial charge in [0.1, 0.15) is 11.5 Å². The number of nitrogens with zero attached hydrogens (tertiary/aromatic N) is 1. The first-order valence-electron chi connectivity index (χ1n) is 12.1. The van der Waals surface area contributed by atoms with Crippen molar-refractivity contribution in [2.75, 3.05) is 20.3 Å². The fraction of sp³-hybridized carbons (Fsp3) is 0.276. The van der Waals surface area contributed by atoms with Gasteiger partial charge in [-0.25, -0.2) is 10.2 Å². The van der Waals surface area contributed by atoms with Crippen LogP contribution in [0.4, 0.5) is 0 Å². The van der Waals surface area contributed by atoms with Gasteiger partial charge < -0.3 is 18.9 Å². The highest BCUT2D eigenvalue weighted by atomic mass is 16.6. The molecule has 37 heavy (non-hydrogen) atoms. The van der Waals surface area contributed by atoms with Crippen LogP contribution in [0.25, 0.3) is 0 Å². The number of hydrazone groups is 1. The summed E-state index contributed by atoms with van der Waals surface area (Å²) in [7, 11) is 1.47. The lowest BCUT2D eigenvalue weighted by atomic mass is 10.0. The topological polar surface area (TPSA) is 95.5 Å². The molecule has 0 saturated heterocycles. The molecular formula is C29H32N2O6. The minimum absolute atomic E-state index is 0.164. The summed E-state index contributed by atoms with van der Waals surface area (Å²) < 4.78 is 21.9. The van der Waals surface area contributed by atoms with Crippen LogP contribution in [0.5, 0.6) is 23.0 Å². The number of carbonyl (C=O) groups is 2. The molecule has 0 spiro atoms. The van der Waals surface area contributed by atoms with Crippen LogP contribution in [-0.2, 0) is 4.79 Å². The molecule has 0 heterocycles. The third-order valence-corrected chi connectivity index (χ3v) is 5.27. The van der Waals surface area contributed by atoms with Gasteiger partial charge in [0.15, 0.2) is 18.1 Å². The molecule has 8 nitrogen and oxygen atoms in total. The summed E-state index contributed by atoms with van der Waals surface area (Å²) in [4.78, 5) is 24.6. The average Bonchev–Trinajstić information content (AvgIpc) is 2.91. The summed E-state index contributed by atoms with van der Waals surface area (Å²) in [5.41, 5.74) is 4.65. The molecule has 3 rings (SSSR count). The van der Waals surface area contributed by atoms with E-state index in [-0.39, 0.29) is 12.4 Å². The monoisotopic (exact) mass is 504 g/mol. The molecular weight excluding hydrogens is 472 g/mol. The standard InChI is InChI=1S/C29H32N2O6/c1-5-16-35-24-13-9-23(10-14-24)29(33)37-26-15-6-21(17-27(26)34-4)18-30-31-28(32)19-36-25-11-7-22(8-12-25)20(2)3/h6-15,17-18,20H,5,16,19H2,1-4H3,(H,31,32)/b30-18+. The number of carbonyl (C=O) groups excluding carboxylic acids is 2. The molecule has 0 saturated carbocycles. The summed E-state index contributed by atoms with van der Waals surface area (Å²) in [6.45, 7) is 6.70. The van der Waals surface area contributed by atoms with E-state index in [0.29, 0.717) is 40.9 Å². The van der Waals surface area contributed by atoms with E-state index in [1.54, 1.807) is 42.5 Å². The highest BCUT2D eigenvalue weighted by molar-refractivity contribution is 5.92. The number of methoxy groups -OCH3 is 1. The average molecular weight is 505 g/mol. The van der Waals surface area contributed by atoms with Gasteiger partial charge in [0.2, 0.25) is 0 Å². The van der Waals surface area contributed by atoms with Crippen molar-refractivity contribution < 1.29 is 28.5 Å². The third kappa shape index (κ3) is 8.38. The molecule has 0 unspecified atom stereocenters. The molecule has 8 heteroatoms. The quantitative estimate of drug-likeness (QED) is 0.155. The van der Waals surface area contributed by atoms with Gasteiger partial charge in [-0.1, -0.05) is 32.9 Å². The lowest BCUT2D eigenvalue weighted by Crippen LogP contribution is -2.24. The molecule has 1 amide bonds. The molecule has 0 radical (unpaired) electrons. The van der Waals surface area contributed by atoms with Crippen LogP contribution >= 0.6 is 0 Å². The van der Waals surface area contributed by atoms with E-state index in [1.807, 2.05) is 31.2 Å². The van der Waals surface area contributed by atoms with Gasteiger partial charge in [0, 0.05) is 0 Å². The third-order valence-electron chi connectivity index (χ3n) is 5.27. The van der Waals surface area contributed by atoms with Gasteiger partial charge in [-0.3, -0.25) is 4.79 Å². The van der Waals surface area contributed by atoms with Gasteiger partial charge in [0.25, 0.3) is 5.91 Å². The van der Waals surface area contributed by atoms with Crippen molar-refractivity contribution in [3.05, 3.63) is 83.4 Å². The van der Waals surface area contributed by atoms with Crippen molar-refractivity contribution in [1.29, 1.82) is 0 Å². The second-order valence-electron chi connectivity index (χ2n) is 8.48. The fourth-order valence-electron chi connectivity index (χ4n) is 3.22. The predicted octanol–water partition coefficient (Wildman–Crippen LogP) is 5.36. The first-order chi connectivity index (χ1) is 17.9. The maximum Gasteiger partial charge on any atom is 0.343 e. The number of hydrogen-bond donors (Lipinski definition) is 1. The Morgan fingerprint density at radius 2 is 1.59 bits per heavy atom. The zero-order chi connectivity index (χ0) is 26.6. The molecule has 3 aromatic carbocycles.